The third-order valence-electron chi connectivity index (χ3n) is 3.54. The van der Waals surface area contributed by atoms with Crippen molar-refractivity contribution in [3.05, 3.63) is 12.8 Å². The Morgan fingerprint density at radius 1 is 1.31 bits per heavy atom. The van der Waals surface area contributed by atoms with Crippen molar-refractivity contribution in [2.75, 3.05) is 19.8 Å². The topological polar surface area (TPSA) is 31.0 Å². The predicted octanol–water partition coefficient (Wildman–Crippen LogP) is 2.65. The minimum absolute atomic E-state index is 0.0488. The van der Waals surface area contributed by atoms with Crippen LogP contribution in [-0.2, 0) is 14.2 Å². The lowest BCUT2D eigenvalue weighted by Crippen LogP contribution is -2.37. The molecule has 0 bridgehead atoms. The Kier molecular flexibility index (Phi) is 4.24. The van der Waals surface area contributed by atoms with E-state index in [0.29, 0.717) is 6.10 Å². The lowest BCUT2D eigenvalue weighted by atomic mass is 9.82. The average Bonchev–Trinajstić information content (AvgIpc) is 3.12. The summed E-state index contributed by atoms with van der Waals surface area (Å²) in [6, 6.07) is 0. The van der Waals surface area contributed by atoms with Crippen LogP contribution >= 0.6 is 0 Å². The maximum atomic E-state index is 6.10. The van der Waals surface area contributed by atoms with E-state index >= 15 is 0 Å². The van der Waals surface area contributed by atoms with E-state index in [1.54, 1.807) is 0 Å². The number of rotatable bonds is 7. The van der Waals surface area contributed by atoms with Crippen LogP contribution in [0, 0.1) is 0 Å². The Labute approximate surface area is 97.8 Å². The van der Waals surface area contributed by atoms with Gasteiger partial charge in [-0.25, -0.2) is 0 Å². The second kappa shape index (κ2) is 5.69. The highest BCUT2D eigenvalue weighted by atomic mass is 16.6. The van der Waals surface area contributed by atoms with E-state index in [2.05, 4.69) is 6.58 Å². The monoisotopic (exact) mass is 226 g/mol. The van der Waals surface area contributed by atoms with Crippen molar-refractivity contribution in [1.29, 1.82) is 0 Å². The van der Waals surface area contributed by atoms with Gasteiger partial charge in [-0.05, 0) is 12.8 Å². The van der Waals surface area contributed by atoms with Gasteiger partial charge in [0.15, 0.2) is 0 Å². The molecule has 92 valence electrons. The minimum atomic E-state index is 0.0488. The number of epoxide rings is 1. The maximum absolute atomic E-state index is 6.10. The van der Waals surface area contributed by atoms with Crippen molar-refractivity contribution < 1.29 is 14.2 Å². The summed E-state index contributed by atoms with van der Waals surface area (Å²) in [5, 5.41) is 0. The van der Waals surface area contributed by atoms with E-state index < -0.39 is 0 Å². The van der Waals surface area contributed by atoms with Crippen LogP contribution < -0.4 is 0 Å². The van der Waals surface area contributed by atoms with Gasteiger partial charge in [0.05, 0.1) is 31.7 Å². The van der Waals surface area contributed by atoms with Crippen molar-refractivity contribution in [1.82, 2.24) is 0 Å². The molecule has 2 rings (SSSR count). The summed E-state index contributed by atoms with van der Waals surface area (Å²) in [6.45, 7) is 5.92. The first kappa shape index (κ1) is 11.9. The van der Waals surface area contributed by atoms with Crippen LogP contribution in [-0.4, -0.2) is 31.5 Å². The SMILES string of the molecule is C=COCCC1(OCC2CO2)CCCCC1. The summed E-state index contributed by atoms with van der Waals surface area (Å²) in [4.78, 5) is 0. The molecule has 2 fully saturated rings. The van der Waals surface area contributed by atoms with Crippen molar-refractivity contribution in [2.24, 2.45) is 0 Å². The molecule has 0 radical (unpaired) electrons. The molecular weight excluding hydrogens is 204 g/mol. The molecule has 3 heteroatoms. The number of hydrogen-bond donors (Lipinski definition) is 0. The van der Waals surface area contributed by atoms with Crippen LogP contribution in [0.25, 0.3) is 0 Å². The average molecular weight is 226 g/mol. The highest BCUT2D eigenvalue weighted by molar-refractivity contribution is 4.86. The molecule has 0 spiro atoms. The van der Waals surface area contributed by atoms with Gasteiger partial charge in [-0.1, -0.05) is 25.8 Å². The van der Waals surface area contributed by atoms with Crippen LogP contribution in [0.2, 0.25) is 0 Å². The molecular formula is C13H22O3. The molecule has 0 aromatic heterocycles. The lowest BCUT2D eigenvalue weighted by Gasteiger charge is -2.37. The molecule has 1 aliphatic carbocycles. The van der Waals surface area contributed by atoms with Gasteiger partial charge in [0.2, 0.25) is 0 Å². The second-order valence-electron chi connectivity index (χ2n) is 4.80. The van der Waals surface area contributed by atoms with Gasteiger partial charge in [0, 0.05) is 6.42 Å². The van der Waals surface area contributed by atoms with E-state index in [0.717, 1.165) is 26.2 Å². The molecule has 0 N–H and O–H groups in total. The van der Waals surface area contributed by atoms with Crippen LogP contribution in [0.15, 0.2) is 12.8 Å². The zero-order chi connectivity index (χ0) is 11.3. The highest BCUT2D eigenvalue weighted by Gasteiger charge is 2.35. The van der Waals surface area contributed by atoms with Gasteiger partial charge < -0.3 is 14.2 Å². The quantitative estimate of drug-likeness (QED) is 0.380. The summed E-state index contributed by atoms with van der Waals surface area (Å²) in [7, 11) is 0. The summed E-state index contributed by atoms with van der Waals surface area (Å²) in [5.41, 5.74) is 0.0488. The van der Waals surface area contributed by atoms with E-state index in [9.17, 15) is 0 Å². The van der Waals surface area contributed by atoms with E-state index in [1.165, 1.54) is 38.4 Å². The molecule has 0 aromatic rings. The van der Waals surface area contributed by atoms with Crippen LogP contribution in [0.1, 0.15) is 38.5 Å². The minimum Gasteiger partial charge on any atom is -0.502 e. The first-order chi connectivity index (χ1) is 7.85. The number of hydrogen-bond acceptors (Lipinski definition) is 3. The van der Waals surface area contributed by atoms with Crippen molar-refractivity contribution in [3.63, 3.8) is 0 Å². The number of ether oxygens (including phenoxy) is 3. The van der Waals surface area contributed by atoms with Crippen LogP contribution in [0.3, 0.4) is 0 Å². The van der Waals surface area contributed by atoms with Crippen LogP contribution in [0.4, 0.5) is 0 Å². The third kappa shape index (κ3) is 3.49. The Bertz CT molecular complexity index is 217. The molecule has 0 amide bonds. The largest absolute Gasteiger partial charge is 0.502 e. The summed E-state index contributed by atoms with van der Waals surface area (Å²) < 4.78 is 16.5. The smallest absolute Gasteiger partial charge is 0.104 e. The normalized spacial score (nSPS) is 27.4. The maximum Gasteiger partial charge on any atom is 0.104 e. The Morgan fingerprint density at radius 2 is 2.06 bits per heavy atom. The molecule has 1 unspecified atom stereocenters. The molecule has 1 saturated carbocycles. The zero-order valence-corrected chi connectivity index (χ0v) is 9.95. The first-order valence-corrected chi connectivity index (χ1v) is 6.33. The second-order valence-corrected chi connectivity index (χ2v) is 4.80. The van der Waals surface area contributed by atoms with Gasteiger partial charge in [-0.2, -0.15) is 0 Å². The van der Waals surface area contributed by atoms with Gasteiger partial charge >= 0.3 is 0 Å². The highest BCUT2D eigenvalue weighted by Crippen LogP contribution is 2.35. The van der Waals surface area contributed by atoms with E-state index in [1.807, 2.05) is 0 Å². The first-order valence-electron chi connectivity index (χ1n) is 6.33. The fraction of sp³-hybridized carbons (Fsp3) is 0.846. The van der Waals surface area contributed by atoms with Crippen molar-refractivity contribution >= 4 is 0 Å². The van der Waals surface area contributed by atoms with Gasteiger partial charge in [0.25, 0.3) is 0 Å². The predicted molar refractivity (Wildman–Crippen MR) is 62.3 cm³/mol. The van der Waals surface area contributed by atoms with Gasteiger partial charge in [-0.3, -0.25) is 0 Å². The van der Waals surface area contributed by atoms with Crippen molar-refractivity contribution in [3.8, 4) is 0 Å². The Balaban J connectivity index is 1.79. The summed E-state index contributed by atoms with van der Waals surface area (Å²) >= 11 is 0. The van der Waals surface area contributed by atoms with Gasteiger partial charge in [0.1, 0.15) is 6.10 Å². The molecule has 1 saturated heterocycles. The molecule has 1 atom stereocenters. The van der Waals surface area contributed by atoms with Crippen molar-refractivity contribution in [2.45, 2.75) is 50.2 Å². The third-order valence-corrected chi connectivity index (χ3v) is 3.54. The molecule has 1 aliphatic heterocycles. The fourth-order valence-electron chi connectivity index (χ4n) is 2.42. The standard InChI is InChI=1S/C13H22O3/c1-2-14-9-8-13(6-4-3-5-7-13)16-11-12-10-15-12/h2,12H,1,3-11H2. The van der Waals surface area contributed by atoms with Crippen LogP contribution in [0.5, 0.6) is 0 Å². The molecule has 0 aromatic carbocycles. The summed E-state index contributed by atoms with van der Waals surface area (Å²) in [5.74, 6) is 0. The van der Waals surface area contributed by atoms with Gasteiger partial charge in [-0.15, -0.1) is 0 Å². The fourth-order valence-corrected chi connectivity index (χ4v) is 2.42. The molecule has 16 heavy (non-hydrogen) atoms. The molecule has 1 heterocycles. The summed E-state index contributed by atoms with van der Waals surface area (Å²) in [6.07, 6.45) is 9.08. The Hall–Kier alpha value is -0.540. The Morgan fingerprint density at radius 3 is 2.69 bits per heavy atom. The lowest BCUT2D eigenvalue weighted by molar-refractivity contribution is -0.0876. The van der Waals surface area contributed by atoms with E-state index in [4.69, 9.17) is 14.2 Å². The zero-order valence-electron chi connectivity index (χ0n) is 9.95. The molecule has 2 aliphatic rings. The molecule has 3 nitrogen and oxygen atoms in total. The van der Waals surface area contributed by atoms with E-state index in [-0.39, 0.29) is 5.60 Å².